The fourth-order valence-corrected chi connectivity index (χ4v) is 2.11. The van der Waals surface area contributed by atoms with E-state index in [2.05, 4.69) is 36.8 Å². The van der Waals surface area contributed by atoms with E-state index in [0.717, 1.165) is 10.0 Å². The number of aromatic nitrogens is 1. The third kappa shape index (κ3) is 4.01. The number of nitrogens with zero attached hydrogens (tertiary/aromatic N) is 1. The number of carbonyl (C=O) groups is 1. The van der Waals surface area contributed by atoms with Crippen molar-refractivity contribution < 1.29 is 9.53 Å². The van der Waals surface area contributed by atoms with Crippen LogP contribution in [-0.4, -0.2) is 11.0 Å². The van der Waals surface area contributed by atoms with Gasteiger partial charge in [-0.25, -0.2) is 9.78 Å². The lowest BCUT2D eigenvalue weighted by Crippen LogP contribution is -2.04. The molecule has 0 fully saturated rings. The van der Waals surface area contributed by atoms with Crippen LogP contribution in [0, 0.1) is 0 Å². The summed E-state index contributed by atoms with van der Waals surface area (Å²) in [6.45, 7) is 0. The number of ether oxygens (including phenoxy) is 1. The summed E-state index contributed by atoms with van der Waals surface area (Å²) in [4.78, 5) is 15.6. The Bertz CT molecular complexity index is 626. The SMILES string of the molecule is O=C(C=Cc1ccccc1Br)Oc1cccnc1Br. The fourth-order valence-electron chi connectivity index (χ4n) is 1.36. The summed E-state index contributed by atoms with van der Waals surface area (Å²) in [5.74, 6) is -0.0614. The van der Waals surface area contributed by atoms with E-state index < -0.39 is 5.97 Å². The van der Waals surface area contributed by atoms with E-state index in [4.69, 9.17) is 4.74 Å². The van der Waals surface area contributed by atoms with Crippen LogP contribution in [0.15, 0.2) is 57.7 Å². The zero-order valence-electron chi connectivity index (χ0n) is 9.72. The summed E-state index contributed by atoms with van der Waals surface area (Å²) in [6.07, 6.45) is 4.68. The van der Waals surface area contributed by atoms with Gasteiger partial charge < -0.3 is 4.74 Å². The van der Waals surface area contributed by atoms with Crippen LogP contribution < -0.4 is 4.74 Å². The van der Waals surface area contributed by atoms with Crippen molar-refractivity contribution in [2.24, 2.45) is 0 Å². The van der Waals surface area contributed by atoms with Gasteiger partial charge in [-0.3, -0.25) is 0 Å². The maximum absolute atomic E-state index is 11.7. The molecule has 2 rings (SSSR count). The maximum Gasteiger partial charge on any atom is 0.336 e. The Kier molecular flexibility index (Phi) is 4.87. The number of esters is 1. The monoisotopic (exact) mass is 381 g/mol. The number of hydrogen-bond donors (Lipinski definition) is 0. The average molecular weight is 383 g/mol. The smallest absolute Gasteiger partial charge is 0.336 e. The van der Waals surface area contributed by atoms with Crippen LogP contribution >= 0.6 is 31.9 Å². The molecule has 0 spiro atoms. The first-order valence-corrected chi connectivity index (χ1v) is 7.00. The van der Waals surface area contributed by atoms with E-state index in [-0.39, 0.29) is 0 Å². The first-order valence-electron chi connectivity index (χ1n) is 5.42. The van der Waals surface area contributed by atoms with Crippen molar-refractivity contribution in [1.82, 2.24) is 4.98 Å². The predicted molar refractivity (Wildman–Crippen MR) is 80.7 cm³/mol. The Morgan fingerprint density at radius 3 is 2.68 bits per heavy atom. The van der Waals surface area contributed by atoms with E-state index in [0.29, 0.717) is 10.4 Å². The normalized spacial score (nSPS) is 10.6. The molecule has 0 amide bonds. The second-order valence-electron chi connectivity index (χ2n) is 3.57. The van der Waals surface area contributed by atoms with E-state index >= 15 is 0 Å². The molecule has 1 aromatic carbocycles. The molecule has 0 atom stereocenters. The van der Waals surface area contributed by atoms with Crippen molar-refractivity contribution in [3.63, 3.8) is 0 Å². The van der Waals surface area contributed by atoms with Crippen LogP contribution in [0.4, 0.5) is 0 Å². The van der Waals surface area contributed by atoms with Crippen molar-refractivity contribution in [3.05, 3.63) is 63.3 Å². The lowest BCUT2D eigenvalue weighted by molar-refractivity contribution is -0.128. The molecule has 0 aliphatic carbocycles. The number of hydrogen-bond acceptors (Lipinski definition) is 3. The van der Waals surface area contributed by atoms with Gasteiger partial charge >= 0.3 is 5.97 Å². The summed E-state index contributed by atoms with van der Waals surface area (Å²) in [5, 5.41) is 0. The summed E-state index contributed by atoms with van der Waals surface area (Å²) < 4.78 is 6.57. The van der Waals surface area contributed by atoms with Crippen LogP contribution in [0.5, 0.6) is 5.75 Å². The van der Waals surface area contributed by atoms with E-state index in [1.54, 1.807) is 24.4 Å². The molecule has 0 aliphatic rings. The van der Waals surface area contributed by atoms with Crippen molar-refractivity contribution in [2.75, 3.05) is 0 Å². The number of pyridine rings is 1. The van der Waals surface area contributed by atoms with Crippen molar-refractivity contribution >= 4 is 43.9 Å². The maximum atomic E-state index is 11.7. The molecule has 0 bridgehead atoms. The van der Waals surface area contributed by atoms with Gasteiger partial charge in [0.25, 0.3) is 0 Å². The van der Waals surface area contributed by atoms with Gasteiger partial charge in [0.2, 0.25) is 0 Å². The zero-order valence-corrected chi connectivity index (χ0v) is 12.9. The standard InChI is InChI=1S/C14H9Br2NO2/c15-11-5-2-1-4-10(11)7-8-13(18)19-12-6-3-9-17-14(12)16/h1-9H. The summed E-state index contributed by atoms with van der Waals surface area (Å²) in [7, 11) is 0. The minimum Gasteiger partial charge on any atom is -0.420 e. The molecular formula is C14H9Br2NO2. The average Bonchev–Trinajstić information content (AvgIpc) is 2.40. The quantitative estimate of drug-likeness (QED) is 0.453. The van der Waals surface area contributed by atoms with Gasteiger partial charge in [-0.1, -0.05) is 34.1 Å². The summed E-state index contributed by atoms with van der Waals surface area (Å²) >= 11 is 6.62. The minimum atomic E-state index is -0.454. The molecule has 3 nitrogen and oxygen atoms in total. The van der Waals surface area contributed by atoms with Gasteiger partial charge in [-0.15, -0.1) is 0 Å². The van der Waals surface area contributed by atoms with Crippen LogP contribution in [0.25, 0.3) is 6.08 Å². The van der Waals surface area contributed by atoms with Crippen molar-refractivity contribution in [1.29, 1.82) is 0 Å². The highest BCUT2D eigenvalue weighted by atomic mass is 79.9. The molecule has 0 saturated carbocycles. The number of carbonyl (C=O) groups excluding carboxylic acids is 1. The first-order chi connectivity index (χ1) is 9.16. The lowest BCUT2D eigenvalue weighted by Gasteiger charge is -2.02. The second kappa shape index (κ2) is 6.63. The molecule has 1 heterocycles. The highest BCUT2D eigenvalue weighted by Crippen LogP contribution is 2.21. The van der Waals surface area contributed by atoms with Crippen LogP contribution in [0.2, 0.25) is 0 Å². The zero-order chi connectivity index (χ0) is 13.7. The molecular weight excluding hydrogens is 374 g/mol. The van der Waals surface area contributed by atoms with Crippen LogP contribution in [0.3, 0.4) is 0 Å². The largest absolute Gasteiger partial charge is 0.420 e. The number of halogens is 2. The van der Waals surface area contributed by atoms with Gasteiger partial charge in [0.05, 0.1) is 0 Å². The minimum absolute atomic E-state index is 0.393. The van der Waals surface area contributed by atoms with Crippen LogP contribution in [-0.2, 0) is 4.79 Å². The molecule has 5 heteroatoms. The highest BCUT2D eigenvalue weighted by molar-refractivity contribution is 9.10. The van der Waals surface area contributed by atoms with Gasteiger partial charge in [0.15, 0.2) is 5.75 Å². The topological polar surface area (TPSA) is 39.2 Å². The Balaban J connectivity index is 2.06. The third-order valence-corrected chi connectivity index (χ3v) is 3.56. The van der Waals surface area contributed by atoms with E-state index in [9.17, 15) is 4.79 Å². The van der Waals surface area contributed by atoms with Crippen molar-refractivity contribution in [2.45, 2.75) is 0 Å². The van der Waals surface area contributed by atoms with Crippen LogP contribution in [0.1, 0.15) is 5.56 Å². The molecule has 96 valence electrons. The number of benzene rings is 1. The second-order valence-corrected chi connectivity index (χ2v) is 5.17. The Morgan fingerprint density at radius 1 is 1.16 bits per heavy atom. The molecule has 0 unspecified atom stereocenters. The Hall–Kier alpha value is -1.46. The molecule has 19 heavy (non-hydrogen) atoms. The molecule has 0 saturated heterocycles. The first kappa shape index (κ1) is 14.0. The van der Waals surface area contributed by atoms with Gasteiger partial charge in [0.1, 0.15) is 4.60 Å². The van der Waals surface area contributed by atoms with Gasteiger partial charge in [0, 0.05) is 16.7 Å². The molecule has 0 radical (unpaired) electrons. The molecule has 1 aromatic heterocycles. The summed E-state index contributed by atoms with van der Waals surface area (Å²) in [5.41, 5.74) is 0.907. The molecule has 0 N–H and O–H groups in total. The summed E-state index contributed by atoms with van der Waals surface area (Å²) in [6, 6.07) is 11.0. The predicted octanol–water partition coefficient (Wildman–Crippen LogP) is 4.23. The van der Waals surface area contributed by atoms with Gasteiger partial charge in [-0.05, 0) is 45.8 Å². The van der Waals surface area contributed by atoms with Gasteiger partial charge in [-0.2, -0.15) is 0 Å². The van der Waals surface area contributed by atoms with E-state index in [1.165, 1.54) is 6.08 Å². The molecule has 2 aromatic rings. The Labute approximate surface area is 127 Å². The van der Waals surface area contributed by atoms with Crippen molar-refractivity contribution in [3.8, 4) is 5.75 Å². The lowest BCUT2D eigenvalue weighted by atomic mass is 10.2. The Morgan fingerprint density at radius 2 is 1.95 bits per heavy atom. The number of rotatable bonds is 3. The molecule has 0 aliphatic heterocycles. The van der Waals surface area contributed by atoms with E-state index in [1.807, 2.05) is 24.3 Å². The highest BCUT2D eigenvalue weighted by Gasteiger charge is 2.05. The third-order valence-electron chi connectivity index (χ3n) is 2.24. The fraction of sp³-hybridized carbons (Fsp3) is 0.